The van der Waals surface area contributed by atoms with Crippen molar-refractivity contribution in [3.8, 4) is 5.75 Å². The second kappa shape index (κ2) is 7.87. The number of nitrogens with two attached hydrogens (primary N) is 1. The maximum absolute atomic E-state index is 11.8. The molecule has 1 aromatic carbocycles. The molecule has 0 saturated heterocycles. The van der Waals surface area contributed by atoms with E-state index in [0.717, 1.165) is 18.6 Å². The van der Waals surface area contributed by atoms with Crippen molar-refractivity contribution in [2.45, 2.75) is 12.8 Å². The van der Waals surface area contributed by atoms with Gasteiger partial charge in [-0.15, -0.1) is 0 Å². The Kier molecular flexibility index (Phi) is 6.43. The molecule has 0 aliphatic rings. The van der Waals surface area contributed by atoms with E-state index < -0.39 is 0 Å². The molecular formula is C13H20N2O2S. The standard InChI is InChI=1S/C13H20N2O2S/c1-17-12-6-5-10(9-11(12)14)13(16)15-7-3-4-8-18-2/h5-6,9H,3-4,7-8,14H2,1-2H3,(H,15,16). The Morgan fingerprint density at radius 2 is 2.22 bits per heavy atom. The number of hydrogen-bond donors (Lipinski definition) is 2. The highest BCUT2D eigenvalue weighted by atomic mass is 32.2. The first-order valence-corrected chi connectivity index (χ1v) is 7.29. The Hall–Kier alpha value is -1.36. The lowest BCUT2D eigenvalue weighted by Gasteiger charge is -2.08. The van der Waals surface area contributed by atoms with Crippen molar-refractivity contribution in [3.63, 3.8) is 0 Å². The molecular weight excluding hydrogens is 248 g/mol. The molecule has 0 bridgehead atoms. The molecule has 1 aromatic rings. The van der Waals surface area contributed by atoms with Crippen molar-refractivity contribution in [2.75, 3.05) is 31.4 Å². The fourth-order valence-electron chi connectivity index (χ4n) is 1.55. The number of thioether (sulfide) groups is 1. The van der Waals surface area contributed by atoms with Gasteiger partial charge in [0.05, 0.1) is 12.8 Å². The molecule has 0 aliphatic heterocycles. The molecule has 0 heterocycles. The predicted molar refractivity (Wildman–Crippen MR) is 77.4 cm³/mol. The van der Waals surface area contributed by atoms with Crippen LogP contribution in [0.5, 0.6) is 5.75 Å². The van der Waals surface area contributed by atoms with Crippen molar-refractivity contribution >= 4 is 23.4 Å². The highest BCUT2D eigenvalue weighted by molar-refractivity contribution is 7.98. The summed E-state index contributed by atoms with van der Waals surface area (Å²) >= 11 is 1.82. The molecule has 100 valence electrons. The Labute approximate surface area is 112 Å². The molecule has 0 radical (unpaired) electrons. The molecule has 0 saturated carbocycles. The number of rotatable bonds is 7. The van der Waals surface area contributed by atoms with E-state index in [1.54, 1.807) is 25.3 Å². The number of hydrogen-bond acceptors (Lipinski definition) is 4. The van der Waals surface area contributed by atoms with Crippen molar-refractivity contribution in [1.82, 2.24) is 5.32 Å². The SMILES string of the molecule is COc1ccc(C(=O)NCCCCSC)cc1N. The van der Waals surface area contributed by atoms with Gasteiger partial charge in [-0.3, -0.25) is 4.79 Å². The maximum atomic E-state index is 11.8. The number of benzene rings is 1. The van der Waals surface area contributed by atoms with Crippen LogP contribution in [0.4, 0.5) is 5.69 Å². The van der Waals surface area contributed by atoms with E-state index in [1.165, 1.54) is 0 Å². The number of unbranched alkanes of at least 4 members (excludes halogenated alkanes) is 1. The molecule has 5 heteroatoms. The average molecular weight is 268 g/mol. The molecule has 0 atom stereocenters. The normalized spacial score (nSPS) is 10.1. The van der Waals surface area contributed by atoms with E-state index in [9.17, 15) is 4.79 Å². The Bertz CT molecular complexity index is 397. The van der Waals surface area contributed by atoms with Crippen LogP contribution in [0.2, 0.25) is 0 Å². The van der Waals surface area contributed by atoms with E-state index in [0.29, 0.717) is 23.5 Å². The summed E-state index contributed by atoms with van der Waals surface area (Å²) < 4.78 is 5.05. The van der Waals surface area contributed by atoms with E-state index in [-0.39, 0.29) is 5.91 Å². The molecule has 0 aliphatic carbocycles. The number of nitrogens with one attached hydrogen (secondary N) is 1. The van der Waals surface area contributed by atoms with E-state index in [2.05, 4.69) is 11.6 Å². The Balaban J connectivity index is 2.44. The van der Waals surface area contributed by atoms with Crippen LogP contribution < -0.4 is 15.8 Å². The number of carbonyl (C=O) groups is 1. The van der Waals surface area contributed by atoms with Crippen LogP contribution in [0, 0.1) is 0 Å². The number of methoxy groups -OCH3 is 1. The fraction of sp³-hybridized carbons (Fsp3) is 0.462. The second-order valence-corrected chi connectivity index (χ2v) is 4.90. The summed E-state index contributed by atoms with van der Waals surface area (Å²) in [6.45, 7) is 0.700. The predicted octanol–water partition coefficient (Wildman–Crippen LogP) is 2.15. The van der Waals surface area contributed by atoms with Crippen LogP contribution >= 0.6 is 11.8 Å². The molecule has 4 nitrogen and oxygen atoms in total. The van der Waals surface area contributed by atoms with Crippen LogP contribution in [0.15, 0.2) is 18.2 Å². The average Bonchev–Trinajstić information content (AvgIpc) is 2.38. The van der Waals surface area contributed by atoms with Gasteiger partial charge in [-0.05, 0) is 43.0 Å². The van der Waals surface area contributed by atoms with E-state index in [1.807, 2.05) is 11.8 Å². The van der Waals surface area contributed by atoms with Gasteiger partial charge < -0.3 is 15.8 Å². The van der Waals surface area contributed by atoms with Gasteiger partial charge in [-0.1, -0.05) is 0 Å². The first-order valence-electron chi connectivity index (χ1n) is 5.89. The quantitative estimate of drug-likeness (QED) is 0.587. The zero-order valence-electron chi connectivity index (χ0n) is 10.9. The van der Waals surface area contributed by atoms with Crippen LogP contribution in [0.1, 0.15) is 23.2 Å². The van der Waals surface area contributed by atoms with E-state index >= 15 is 0 Å². The first kappa shape index (κ1) is 14.7. The zero-order chi connectivity index (χ0) is 13.4. The summed E-state index contributed by atoms with van der Waals surface area (Å²) in [5, 5.41) is 2.88. The van der Waals surface area contributed by atoms with Gasteiger partial charge in [0.15, 0.2) is 0 Å². The minimum atomic E-state index is -0.0893. The number of carbonyl (C=O) groups excluding carboxylic acids is 1. The number of anilines is 1. The smallest absolute Gasteiger partial charge is 0.251 e. The largest absolute Gasteiger partial charge is 0.495 e. The van der Waals surface area contributed by atoms with Crippen molar-refractivity contribution in [2.24, 2.45) is 0 Å². The molecule has 1 rings (SSSR count). The van der Waals surface area contributed by atoms with Crippen LogP contribution in [-0.2, 0) is 0 Å². The number of nitrogen functional groups attached to an aromatic ring is 1. The molecule has 0 unspecified atom stereocenters. The van der Waals surface area contributed by atoms with Gasteiger partial charge in [-0.25, -0.2) is 0 Å². The summed E-state index contributed by atoms with van der Waals surface area (Å²) in [4.78, 5) is 11.8. The minimum absolute atomic E-state index is 0.0893. The molecule has 0 fully saturated rings. The number of amides is 1. The zero-order valence-corrected chi connectivity index (χ0v) is 11.7. The molecule has 3 N–H and O–H groups in total. The lowest BCUT2D eigenvalue weighted by Crippen LogP contribution is -2.24. The lowest BCUT2D eigenvalue weighted by molar-refractivity contribution is 0.0953. The van der Waals surface area contributed by atoms with Crippen molar-refractivity contribution < 1.29 is 9.53 Å². The van der Waals surface area contributed by atoms with Crippen molar-refractivity contribution in [1.29, 1.82) is 0 Å². The van der Waals surface area contributed by atoms with Crippen molar-refractivity contribution in [3.05, 3.63) is 23.8 Å². The highest BCUT2D eigenvalue weighted by Crippen LogP contribution is 2.21. The van der Waals surface area contributed by atoms with Gasteiger partial charge in [0.25, 0.3) is 5.91 Å². The molecule has 1 amide bonds. The Morgan fingerprint density at radius 1 is 1.44 bits per heavy atom. The van der Waals surface area contributed by atoms with Gasteiger partial charge in [0.1, 0.15) is 5.75 Å². The van der Waals surface area contributed by atoms with Crippen LogP contribution in [0.3, 0.4) is 0 Å². The monoisotopic (exact) mass is 268 g/mol. The Morgan fingerprint density at radius 3 is 2.83 bits per heavy atom. The summed E-state index contributed by atoms with van der Waals surface area (Å²) in [6.07, 6.45) is 4.20. The highest BCUT2D eigenvalue weighted by Gasteiger charge is 2.07. The third-order valence-corrected chi connectivity index (χ3v) is 3.25. The van der Waals surface area contributed by atoms with Crippen LogP contribution in [0.25, 0.3) is 0 Å². The summed E-state index contributed by atoms with van der Waals surface area (Å²) in [5.74, 6) is 1.63. The second-order valence-electron chi connectivity index (χ2n) is 3.91. The topological polar surface area (TPSA) is 64.3 Å². The molecule has 0 spiro atoms. The van der Waals surface area contributed by atoms with Gasteiger partial charge in [0, 0.05) is 12.1 Å². The molecule has 18 heavy (non-hydrogen) atoms. The number of ether oxygens (including phenoxy) is 1. The summed E-state index contributed by atoms with van der Waals surface area (Å²) in [6, 6.07) is 5.06. The minimum Gasteiger partial charge on any atom is -0.495 e. The summed E-state index contributed by atoms with van der Waals surface area (Å²) in [7, 11) is 1.55. The van der Waals surface area contributed by atoms with Gasteiger partial charge in [0.2, 0.25) is 0 Å². The van der Waals surface area contributed by atoms with E-state index in [4.69, 9.17) is 10.5 Å². The van der Waals surface area contributed by atoms with Gasteiger partial charge in [-0.2, -0.15) is 11.8 Å². The van der Waals surface area contributed by atoms with Gasteiger partial charge >= 0.3 is 0 Å². The lowest BCUT2D eigenvalue weighted by atomic mass is 10.1. The fourth-order valence-corrected chi connectivity index (χ4v) is 2.04. The maximum Gasteiger partial charge on any atom is 0.251 e. The first-order chi connectivity index (χ1) is 8.69. The third kappa shape index (κ3) is 4.49. The third-order valence-electron chi connectivity index (χ3n) is 2.55. The summed E-state index contributed by atoms with van der Waals surface area (Å²) in [5.41, 5.74) is 6.80. The van der Waals surface area contributed by atoms with Crippen LogP contribution in [-0.4, -0.2) is 31.6 Å². The molecule has 0 aromatic heterocycles.